The fraction of sp³-hybridized carbons (Fsp3) is 0.0909. The molecule has 1 aromatic carbocycles. The first-order valence-corrected chi connectivity index (χ1v) is 8.60. The number of alkyl halides is 1. The van der Waals surface area contributed by atoms with Gasteiger partial charge < -0.3 is 0 Å². The Morgan fingerprint density at radius 1 is 1.12 bits per heavy atom. The summed E-state index contributed by atoms with van der Waals surface area (Å²) in [5.41, 5.74) is 1.09. The fourth-order valence-corrected chi connectivity index (χ4v) is 4.85. The molecule has 0 fully saturated rings. The number of benzene rings is 1. The SMILES string of the molecule is Clc1ccc(Br)c(C(Br)c2cc(Cl)c(Br)s2)c1. The summed E-state index contributed by atoms with van der Waals surface area (Å²) >= 11 is 24.3. The highest BCUT2D eigenvalue weighted by atomic mass is 79.9. The standard InChI is InChI=1S/C11H5Br3Cl2S/c12-7-2-1-5(15)3-6(7)10(13)9-4-8(16)11(14)17-9/h1-4,10H. The summed E-state index contributed by atoms with van der Waals surface area (Å²) < 4.78 is 1.96. The molecule has 0 nitrogen and oxygen atoms in total. The number of thiophene rings is 1. The molecule has 0 bridgehead atoms. The van der Waals surface area contributed by atoms with Crippen LogP contribution in [0.15, 0.2) is 32.5 Å². The first kappa shape index (κ1) is 14.4. The molecule has 1 heterocycles. The van der Waals surface area contributed by atoms with E-state index >= 15 is 0 Å². The smallest absolute Gasteiger partial charge is 0.0887 e. The van der Waals surface area contributed by atoms with Gasteiger partial charge in [0.1, 0.15) is 0 Å². The van der Waals surface area contributed by atoms with Gasteiger partial charge >= 0.3 is 0 Å². The van der Waals surface area contributed by atoms with Crippen LogP contribution in [0.4, 0.5) is 0 Å². The van der Waals surface area contributed by atoms with E-state index in [2.05, 4.69) is 47.8 Å². The molecular weight excluding hydrogens is 475 g/mol. The average molecular weight is 480 g/mol. The van der Waals surface area contributed by atoms with E-state index in [-0.39, 0.29) is 4.83 Å². The monoisotopic (exact) mass is 476 g/mol. The lowest BCUT2D eigenvalue weighted by Crippen LogP contribution is -1.91. The van der Waals surface area contributed by atoms with E-state index in [0.29, 0.717) is 0 Å². The van der Waals surface area contributed by atoms with Crippen molar-refractivity contribution in [2.75, 3.05) is 0 Å². The molecule has 17 heavy (non-hydrogen) atoms. The predicted octanol–water partition coefficient (Wildman–Crippen LogP) is 7.06. The van der Waals surface area contributed by atoms with Crippen molar-refractivity contribution in [2.45, 2.75) is 4.83 Å². The van der Waals surface area contributed by atoms with Gasteiger partial charge in [-0.25, -0.2) is 0 Å². The maximum absolute atomic E-state index is 6.04. The van der Waals surface area contributed by atoms with Crippen LogP contribution in [-0.2, 0) is 0 Å². The quantitative estimate of drug-likeness (QED) is 0.404. The molecule has 90 valence electrons. The number of hydrogen-bond acceptors (Lipinski definition) is 1. The second-order valence-corrected chi connectivity index (χ2v) is 8.31. The maximum atomic E-state index is 6.04. The third kappa shape index (κ3) is 3.28. The third-order valence-electron chi connectivity index (χ3n) is 2.15. The van der Waals surface area contributed by atoms with Gasteiger partial charge in [-0.1, -0.05) is 55.1 Å². The van der Waals surface area contributed by atoms with Crippen LogP contribution >= 0.6 is 82.3 Å². The zero-order valence-electron chi connectivity index (χ0n) is 8.18. The van der Waals surface area contributed by atoms with E-state index in [1.54, 1.807) is 11.3 Å². The second-order valence-electron chi connectivity index (χ2n) is 3.30. The molecule has 0 aliphatic carbocycles. The third-order valence-corrected chi connectivity index (χ3v) is 6.93. The van der Waals surface area contributed by atoms with E-state index in [4.69, 9.17) is 23.2 Å². The van der Waals surface area contributed by atoms with Crippen LogP contribution in [0.25, 0.3) is 0 Å². The predicted molar refractivity (Wildman–Crippen MR) is 87.0 cm³/mol. The minimum atomic E-state index is 0.0735. The van der Waals surface area contributed by atoms with Gasteiger partial charge in [0.15, 0.2) is 0 Å². The molecule has 1 aromatic heterocycles. The van der Waals surface area contributed by atoms with Crippen LogP contribution in [-0.4, -0.2) is 0 Å². The Bertz CT molecular complexity index is 534. The van der Waals surface area contributed by atoms with Gasteiger partial charge in [-0.2, -0.15) is 0 Å². The van der Waals surface area contributed by atoms with Crippen molar-refractivity contribution >= 4 is 82.3 Å². The van der Waals surface area contributed by atoms with Crippen molar-refractivity contribution in [3.05, 3.63) is 53.0 Å². The second kappa shape index (κ2) is 5.93. The summed E-state index contributed by atoms with van der Waals surface area (Å²) in [7, 11) is 0. The minimum Gasteiger partial charge on any atom is -0.130 e. The Balaban J connectivity index is 2.42. The topological polar surface area (TPSA) is 0 Å². The Kier molecular flexibility index (Phi) is 5.01. The Morgan fingerprint density at radius 3 is 2.41 bits per heavy atom. The van der Waals surface area contributed by atoms with Gasteiger partial charge in [0.25, 0.3) is 0 Å². The molecule has 0 saturated heterocycles. The van der Waals surface area contributed by atoms with Crippen molar-refractivity contribution in [1.82, 2.24) is 0 Å². The van der Waals surface area contributed by atoms with Crippen LogP contribution in [0.3, 0.4) is 0 Å². The summed E-state index contributed by atoms with van der Waals surface area (Å²) in [6.07, 6.45) is 0. The average Bonchev–Trinajstić information content (AvgIpc) is 2.62. The van der Waals surface area contributed by atoms with Gasteiger partial charge in [-0.3, -0.25) is 0 Å². The number of hydrogen-bond donors (Lipinski definition) is 0. The lowest BCUT2D eigenvalue weighted by molar-refractivity contribution is 1.21. The van der Waals surface area contributed by atoms with Gasteiger partial charge in [0, 0.05) is 14.4 Å². The van der Waals surface area contributed by atoms with Crippen molar-refractivity contribution in [2.24, 2.45) is 0 Å². The molecule has 0 radical (unpaired) electrons. The van der Waals surface area contributed by atoms with Crippen LogP contribution in [0, 0.1) is 0 Å². The number of rotatable bonds is 2. The lowest BCUT2D eigenvalue weighted by atomic mass is 10.1. The first-order chi connectivity index (χ1) is 7.99. The highest BCUT2D eigenvalue weighted by Gasteiger charge is 2.17. The molecule has 2 aromatic rings. The fourth-order valence-electron chi connectivity index (χ4n) is 1.35. The minimum absolute atomic E-state index is 0.0735. The van der Waals surface area contributed by atoms with Crippen LogP contribution < -0.4 is 0 Å². The lowest BCUT2D eigenvalue weighted by Gasteiger charge is -2.10. The van der Waals surface area contributed by atoms with Crippen molar-refractivity contribution < 1.29 is 0 Å². The van der Waals surface area contributed by atoms with Crippen molar-refractivity contribution in [3.63, 3.8) is 0 Å². The van der Waals surface area contributed by atoms with Crippen LogP contribution in [0.5, 0.6) is 0 Å². The maximum Gasteiger partial charge on any atom is 0.0887 e. The largest absolute Gasteiger partial charge is 0.130 e. The van der Waals surface area contributed by atoms with Crippen molar-refractivity contribution in [1.29, 1.82) is 0 Å². The molecule has 1 atom stereocenters. The van der Waals surface area contributed by atoms with E-state index < -0.39 is 0 Å². The van der Waals surface area contributed by atoms with Gasteiger partial charge in [0.2, 0.25) is 0 Å². The Hall–Kier alpha value is 0.940. The molecule has 6 heteroatoms. The van der Waals surface area contributed by atoms with Crippen molar-refractivity contribution in [3.8, 4) is 0 Å². The van der Waals surface area contributed by atoms with Gasteiger partial charge in [0.05, 0.1) is 13.6 Å². The van der Waals surface area contributed by atoms with Gasteiger partial charge in [-0.15, -0.1) is 11.3 Å². The molecular formula is C11H5Br3Cl2S. The Labute approximate surface area is 139 Å². The zero-order valence-corrected chi connectivity index (χ0v) is 15.3. The molecule has 0 amide bonds. The van der Waals surface area contributed by atoms with E-state index in [1.165, 1.54) is 0 Å². The molecule has 0 N–H and O–H groups in total. The highest BCUT2D eigenvalue weighted by molar-refractivity contribution is 9.11. The summed E-state index contributed by atoms with van der Waals surface area (Å²) in [4.78, 5) is 1.20. The van der Waals surface area contributed by atoms with E-state index in [1.807, 2.05) is 24.3 Å². The normalized spacial score (nSPS) is 12.8. The summed E-state index contributed by atoms with van der Waals surface area (Å²) in [6.45, 7) is 0. The number of halogens is 5. The molecule has 0 spiro atoms. The Morgan fingerprint density at radius 2 is 1.82 bits per heavy atom. The van der Waals surface area contributed by atoms with E-state index in [0.717, 1.165) is 28.7 Å². The summed E-state index contributed by atoms with van der Waals surface area (Å²) in [5, 5.41) is 1.45. The van der Waals surface area contributed by atoms with Crippen LogP contribution in [0.2, 0.25) is 10.0 Å². The van der Waals surface area contributed by atoms with Crippen LogP contribution in [0.1, 0.15) is 15.3 Å². The molecule has 0 aliphatic rings. The molecule has 0 saturated carbocycles. The molecule has 2 rings (SSSR count). The first-order valence-electron chi connectivity index (χ1n) is 4.53. The zero-order chi connectivity index (χ0) is 12.6. The summed E-state index contributed by atoms with van der Waals surface area (Å²) in [6, 6.07) is 7.68. The molecule has 1 unspecified atom stereocenters. The van der Waals surface area contributed by atoms with E-state index in [9.17, 15) is 0 Å². The summed E-state index contributed by atoms with van der Waals surface area (Å²) in [5.74, 6) is 0. The highest BCUT2D eigenvalue weighted by Crippen LogP contribution is 2.43. The molecule has 0 aliphatic heterocycles. The van der Waals surface area contributed by atoms with Gasteiger partial charge in [-0.05, 0) is 45.8 Å².